The molecule has 110 valence electrons. The molecular formula is C15H23N3O2. The van der Waals surface area contributed by atoms with Crippen LogP contribution in [0.3, 0.4) is 0 Å². The Morgan fingerprint density at radius 3 is 2.55 bits per heavy atom. The number of likely N-dealkylation sites (tertiary alicyclic amines) is 1. The standard InChI is InChI=1S/C15H23N3O2/c1-2-20-14-7-9-18(10-8-14)11-12-3-5-13(6-4-12)15(19)17-16/h3-6,14H,2,7-11,16H2,1H3,(H,17,19). The first-order valence-corrected chi connectivity index (χ1v) is 7.16. The van der Waals surface area contributed by atoms with Crippen LogP contribution >= 0.6 is 0 Å². The first kappa shape index (κ1) is 15.0. The van der Waals surface area contributed by atoms with E-state index < -0.39 is 0 Å². The van der Waals surface area contributed by atoms with Gasteiger partial charge in [-0.2, -0.15) is 0 Å². The molecule has 0 atom stereocenters. The Morgan fingerprint density at radius 2 is 2.00 bits per heavy atom. The third-order valence-corrected chi connectivity index (χ3v) is 3.69. The average Bonchev–Trinajstić information content (AvgIpc) is 2.49. The zero-order valence-electron chi connectivity index (χ0n) is 12.0. The fraction of sp³-hybridized carbons (Fsp3) is 0.533. The average molecular weight is 277 g/mol. The Balaban J connectivity index is 1.84. The number of amides is 1. The van der Waals surface area contributed by atoms with E-state index in [-0.39, 0.29) is 5.91 Å². The zero-order chi connectivity index (χ0) is 14.4. The van der Waals surface area contributed by atoms with Gasteiger partial charge >= 0.3 is 0 Å². The van der Waals surface area contributed by atoms with Crippen LogP contribution in [0.25, 0.3) is 0 Å². The SMILES string of the molecule is CCOC1CCN(Cc2ccc(C(=O)NN)cc2)CC1. The summed E-state index contributed by atoms with van der Waals surface area (Å²) in [5.74, 6) is 4.85. The van der Waals surface area contributed by atoms with E-state index >= 15 is 0 Å². The van der Waals surface area contributed by atoms with E-state index in [4.69, 9.17) is 10.6 Å². The number of nitrogens with zero attached hydrogens (tertiary/aromatic N) is 1. The second-order valence-corrected chi connectivity index (χ2v) is 5.10. The minimum Gasteiger partial charge on any atom is -0.378 e. The van der Waals surface area contributed by atoms with Gasteiger partial charge in [0.2, 0.25) is 0 Å². The second kappa shape index (κ2) is 7.38. The van der Waals surface area contributed by atoms with Gasteiger partial charge in [-0.15, -0.1) is 0 Å². The Kier molecular flexibility index (Phi) is 5.52. The van der Waals surface area contributed by atoms with Crippen molar-refractivity contribution in [3.05, 3.63) is 35.4 Å². The van der Waals surface area contributed by atoms with Gasteiger partial charge in [0.25, 0.3) is 5.91 Å². The summed E-state index contributed by atoms with van der Waals surface area (Å²) in [5.41, 5.74) is 3.94. The summed E-state index contributed by atoms with van der Waals surface area (Å²) in [6.45, 7) is 5.90. The van der Waals surface area contributed by atoms with Gasteiger partial charge < -0.3 is 4.74 Å². The Bertz CT molecular complexity index is 425. The number of carbonyl (C=O) groups excluding carboxylic acids is 1. The molecule has 5 heteroatoms. The largest absolute Gasteiger partial charge is 0.378 e. The van der Waals surface area contributed by atoms with Crippen LogP contribution in [0.4, 0.5) is 0 Å². The van der Waals surface area contributed by atoms with Gasteiger partial charge in [-0.3, -0.25) is 15.1 Å². The molecule has 0 saturated carbocycles. The summed E-state index contributed by atoms with van der Waals surface area (Å²) < 4.78 is 5.65. The predicted octanol–water partition coefficient (Wildman–Crippen LogP) is 1.29. The van der Waals surface area contributed by atoms with Crippen LogP contribution in [0.1, 0.15) is 35.7 Å². The van der Waals surface area contributed by atoms with Crippen molar-refractivity contribution >= 4 is 5.91 Å². The maximum atomic E-state index is 11.4. The first-order chi connectivity index (χ1) is 9.72. The number of piperidine rings is 1. The molecule has 5 nitrogen and oxygen atoms in total. The minimum atomic E-state index is -0.255. The van der Waals surface area contributed by atoms with Crippen LogP contribution in [0, 0.1) is 0 Å². The van der Waals surface area contributed by atoms with Crippen LogP contribution in [0.2, 0.25) is 0 Å². The smallest absolute Gasteiger partial charge is 0.265 e. The molecule has 1 aliphatic rings. The normalized spacial score (nSPS) is 17.1. The molecule has 20 heavy (non-hydrogen) atoms. The summed E-state index contributed by atoms with van der Waals surface area (Å²) in [4.78, 5) is 13.8. The fourth-order valence-corrected chi connectivity index (χ4v) is 2.57. The third-order valence-electron chi connectivity index (χ3n) is 3.69. The number of rotatable bonds is 5. The second-order valence-electron chi connectivity index (χ2n) is 5.10. The van der Waals surface area contributed by atoms with E-state index in [1.165, 1.54) is 5.56 Å². The van der Waals surface area contributed by atoms with E-state index in [0.29, 0.717) is 11.7 Å². The molecule has 0 unspecified atom stereocenters. The Hall–Kier alpha value is -1.43. The molecule has 2 rings (SSSR count). The zero-order valence-corrected chi connectivity index (χ0v) is 12.0. The lowest BCUT2D eigenvalue weighted by atomic mass is 10.1. The molecule has 0 aliphatic carbocycles. The summed E-state index contributed by atoms with van der Waals surface area (Å²) in [7, 11) is 0. The molecule has 1 saturated heterocycles. The van der Waals surface area contributed by atoms with Crippen LogP contribution < -0.4 is 11.3 Å². The number of benzene rings is 1. The highest BCUT2D eigenvalue weighted by atomic mass is 16.5. The van der Waals surface area contributed by atoms with E-state index in [2.05, 4.69) is 10.3 Å². The van der Waals surface area contributed by atoms with Crippen LogP contribution in [0.15, 0.2) is 24.3 Å². The van der Waals surface area contributed by atoms with Crippen LogP contribution in [0.5, 0.6) is 0 Å². The minimum absolute atomic E-state index is 0.255. The molecule has 0 spiro atoms. The number of hydrazine groups is 1. The number of hydrogen-bond acceptors (Lipinski definition) is 4. The summed E-state index contributed by atoms with van der Waals surface area (Å²) in [6, 6.07) is 7.59. The molecule has 3 N–H and O–H groups in total. The lowest BCUT2D eigenvalue weighted by molar-refractivity contribution is 0.0125. The van der Waals surface area contributed by atoms with Gasteiger partial charge in [0.05, 0.1) is 6.10 Å². The van der Waals surface area contributed by atoms with Crippen molar-refractivity contribution in [2.75, 3.05) is 19.7 Å². The lowest BCUT2D eigenvalue weighted by Crippen LogP contribution is -2.36. The Morgan fingerprint density at radius 1 is 1.35 bits per heavy atom. The van der Waals surface area contributed by atoms with E-state index in [1.807, 2.05) is 31.2 Å². The van der Waals surface area contributed by atoms with Crippen LogP contribution in [-0.4, -0.2) is 36.6 Å². The predicted molar refractivity (Wildman–Crippen MR) is 78.0 cm³/mol. The number of nitrogen functional groups attached to an aromatic ring is 1. The van der Waals surface area contributed by atoms with Gasteiger partial charge in [0.15, 0.2) is 0 Å². The first-order valence-electron chi connectivity index (χ1n) is 7.16. The van der Waals surface area contributed by atoms with E-state index in [9.17, 15) is 4.79 Å². The van der Waals surface area contributed by atoms with Crippen molar-refractivity contribution in [3.63, 3.8) is 0 Å². The summed E-state index contributed by atoms with van der Waals surface area (Å²) in [6.07, 6.45) is 2.62. The van der Waals surface area contributed by atoms with Crippen molar-refractivity contribution in [2.45, 2.75) is 32.4 Å². The van der Waals surface area contributed by atoms with E-state index in [1.54, 1.807) is 0 Å². The van der Waals surface area contributed by atoms with Crippen molar-refractivity contribution in [1.82, 2.24) is 10.3 Å². The molecule has 1 aromatic carbocycles. The molecule has 1 aliphatic heterocycles. The number of carbonyl (C=O) groups is 1. The topological polar surface area (TPSA) is 67.6 Å². The van der Waals surface area contributed by atoms with Gasteiger partial charge in [-0.1, -0.05) is 12.1 Å². The maximum Gasteiger partial charge on any atom is 0.265 e. The maximum absolute atomic E-state index is 11.4. The highest BCUT2D eigenvalue weighted by Gasteiger charge is 2.19. The monoisotopic (exact) mass is 277 g/mol. The molecule has 0 bridgehead atoms. The molecule has 1 fully saturated rings. The van der Waals surface area contributed by atoms with Crippen LogP contribution in [-0.2, 0) is 11.3 Å². The molecule has 0 aromatic heterocycles. The van der Waals surface area contributed by atoms with Crippen molar-refractivity contribution in [3.8, 4) is 0 Å². The molecular weight excluding hydrogens is 254 g/mol. The summed E-state index contributed by atoms with van der Waals surface area (Å²) >= 11 is 0. The number of hydrogen-bond donors (Lipinski definition) is 2. The number of nitrogens with one attached hydrogen (secondary N) is 1. The number of ether oxygens (including phenoxy) is 1. The number of nitrogens with two attached hydrogens (primary N) is 1. The highest BCUT2D eigenvalue weighted by Crippen LogP contribution is 2.16. The molecule has 1 heterocycles. The Labute approximate surface area is 120 Å². The van der Waals surface area contributed by atoms with Crippen molar-refractivity contribution in [2.24, 2.45) is 5.84 Å². The lowest BCUT2D eigenvalue weighted by Gasteiger charge is -2.31. The van der Waals surface area contributed by atoms with Gasteiger partial charge in [-0.05, 0) is 37.5 Å². The van der Waals surface area contributed by atoms with Crippen molar-refractivity contribution in [1.29, 1.82) is 0 Å². The molecule has 1 amide bonds. The van der Waals surface area contributed by atoms with Crippen molar-refractivity contribution < 1.29 is 9.53 Å². The molecule has 0 radical (unpaired) electrons. The summed E-state index contributed by atoms with van der Waals surface area (Å²) in [5, 5.41) is 0. The van der Waals surface area contributed by atoms with Gasteiger partial charge in [0.1, 0.15) is 0 Å². The quantitative estimate of drug-likeness (QED) is 0.483. The highest BCUT2D eigenvalue weighted by molar-refractivity contribution is 5.93. The molecule has 1 aromatic rings. The van der Waals surface area contributed by atoms with Gasteiger partial charge in [0, 0.05) is 31.8 Å². The van der Waals surface area contributed by atoms with E-state index in [0.717, 1.165) is 39.1 Å². The fourth-order valence-electron chi connectivity index (χ4n) is 2.57. The third kappa shape index (κ3) is 4.03. The van der Waals surface area contributed by atoms with Gasteiger partial charge in [-0.25, -0.2) is 5.84 Å².